The van der Waals surface area contributed by atoms with Crippen LogP contribution in [-0.4, -0.2) is 11.8 Å². The fraction of sp³-hybridized carbons (Fsp3) is 0.0714. The van der Waals surface area contributed by atoms with Crippen LogP contribution in [-0.2, 0) is 12.4 Å². The van der Waals surface area contributed by atoms with E-state index >= 15 is 0 Å². The fourth-order valence-electron chi connectivity index (χ4n) is 3.09. The van der Waals surface area contributed by atoms with E-state index in [2.05, 4.69) is 42.5 Å². The van der Waals surface area contributed by atoms with Gasteiger partial charge in [-0.3, -0.25) is 9.59 Å². The average molecular weight is 688 g/mol. The van der Waals surface area contributed by atoms with Crippen molar-refractivity contribution in [3.05, 3.63) is 128 Å². The number of rotatable bonds is 4. The zero-order valence-electron chi connectivity index (χ0n) is 20.1. The van der Waals surface area contributed by atoms with Gasteiger partial charge in [0.2, 0.25) is 0 Å². The first kappa shape index (κ1) is 30.9. The predicted molar refractivity (Wildman–Crippen MR) is 147 cm³/mol. The minimum Gasteiger partial charge on any atom is -0.322 e. The highest BCUT2D eigenvalue weighted by Crippen LogP contribution is 2.30. The minimum atomic E-state index is -4.40. The molecule has 12 heteroatoms. The van der Waals surface area contributed by atoms with E-state index in [1.165, 1.54) is 0 Å². The molecule has 0 saturated heterocycles. The Hall–Kier alpha value is -3.64. The van der Waals surface area contributed by atoms with Crippen LogP contribution in [0.15, 0.2) is 106 Å². The molecule has 0 radical (unpaired) electrons. The van der Waals surface area contributed by atoms with Gasteiger partial charge >= 0.3 is 12.4 Å². The average Bonchev–Trinajstić information content (AvgIpc) is 2.91. The summed E-state index contributed by atoms with van der Waals surface area (Å²) in [5.41, 5.74) is -0.0894. The number of nitrogens with one attached hydrogen (secondary N) is 2. The molecule has 40 heavy (non-hydrogen) atoms. The van der Waals surface area contributed by atoms with Crippen LogP contribution in [0.5, 0.6) is 0 Å². The quantitative estimate of drug-likeness (QED) is 0.210. The summed E-state index contributed by atoms with van der Waals surface area (Å²) in [4.78, 5) is 23.7. The first-order valence-corrected chi connectivity index (χ1v) is 12.8. The standard InChI is InChI=1S/2C14H9BrF3NO/c2*15-11-5-7-12(8-6-11)19-13(20)9-1-3-10(4-2-9)14(16,17)18/h2*1-8H,(H,19,20). The smallest absolute Gasteiger partial charge is 0.322 e. The Bertz CT molecular complexity index is 1320. The molecule has 4 aromatic carbocycles. The normalized spacial score (nSPS) is 11.2. The van der Waals surface area contributed by atoms with Gasteiger partial charge in [0, 0.05) is 31.4 Å². The zero-order chi connectivity index (χ0) is 29.5. The Morgan fingerprint density at radius 2 is 0.750 bits per heavy atom. The van der Waals surface area contributed by atoms with Crippen molar-refractivity contribution in [1.82, 2.24) is 0 Å². The van der Waals surface area contributed by atoms with E-state index in [1.54, 1.807) is 48.5 Å². The van der Waals surface area contributed by atoms with Crippen molar-refractivity contribution in [3.8, 4) is 0 Å². The van der Waals surface area contributed by atoms with Crippen molar-refractivity contribution in [3.63, 3.8) is 0 Å². The molecule has 0 aromatic heterocycles. The van der Waals surface area contributed by atoms with Crippen molar-refractivity contribution in [1.29, 1.82) is 0 Å². The van der Waals surface area contributed by atoms with Crippen molar-refractivity contribution in [2.24, 2.45) is 0 Å². The van der Waals surface area contributed by atoms with Crippen LogP contribution >= 0.6 is 31.9 Å². The second-order valence-corrected chi connectivity index (χ2v) is 9.90. The highest BCUT2D eigenvalue weighted by Gasteiger charge is 2.31. The molecule has 2 N–H and O–H groups in total. The van der Waals surface area contributed by atoms with Gasteiger partial charge in [-0.15, -0.1) is 0 Å². The highest BCUT2D eigenvalue weighted by molar-refractivity contribution is 9.10. The van der Waals surface area contributed by atoms with E-state index in [4.69, 9.17) is 0 Å². The predicted octanol–water partition coefficient (Wildman–Crippen LogP) is 9.44. The monoisotopic (exact) mass is 686 g/mol. The van der Waals surface area contributed by atoms with E-state index in [0.29, 0.717) is 11.4 Å². The van der Waals surface area contributed by atoms with Gasteiger partial charge < -0.3 is 10.6 Å². The lowest BCUT2D eigenvalue weighted by atomic mass is 10.1. The molecule has 0 fully saturated rings. The first-order valence-electron chi connectivity index (χ1n) is 11.2. The third kappa shape index (κ3) is 9.23. The summed E-state index contributed by atoms with van der Waals surface area (Å²) in [6.07, 6.45) is -8.80. The summed E-state index contributed by atoms with van der Waals surface area (Å²) in [7, 11) is 0. The summed E-state index contributed by atoms with van der Waals surface area (Å²) in [5.74, 6) is -0.915. The summed E-state index contributed by atoms with van der Waals surface area (Å²) in [6.45, 7) is 0. The maximum absolute atomic E-state index is 12.4. The van der Waals surface area contributed by atoms with Crippen LogP contribution < -0.4 is 10.6 Å². The summed E-state index contributed by atoms with van der Waals surface area (Å²) >= 11 is 6.53. The highest BCUT2D eigenvalue weighted by atomic mass is 79.9. The van der Waals surface area contributed by atoms with E-state index in [0.717, 1.165) is 57.5 Å². The van der Waals surface area contributed by atoms with Crippen LogP contribution in [0, 0.1) is 0 Å². The van der Waals surface area contributed by atoms with Gasteiger partial charge in [0.25, 0.3) is 11.8 Å². The molecule has 0 unspecified atom stereocenters. The van der Waals surface area contributed by atoms with Gasteiger partial charge in [-0.2, -0.15) is 26.3 Å². The van der Waals surface area contributed by atoms with Crippen LogP contribution in [0.3, 0.4) is 0 Å². The number of halogens is 8. The number of anilines is 2. The van der Waals surface area contributed by atoms with Crippen molar-refractivity contribution >= 4 is 55.0 Å². The maximum Gasteiger partial charge on any atom is 0.416 e. The fourth-order valence-corrected chi connectivity index (χ4v) is 3.62. The number of carbonyl (C=O) groups is 2. The number of carbonyl (C=O) groups excluding carboxylic acids is 2. The second-order valence-electron chi connectivity index (χ2n) is 8.07. The minimum absolute atomic E-state index is 0.168. The van der Waals surface area contributed by atoms with Crippen molar-refractivity contribution in [2.75, 3.05) is 10.6 Å². The van der Waals surface area contributed by atoms with Gasteiger partial charge in [-0.25, -0.2) is 0 Å². The van der Waals surface area contributed by atoms with Crippen LogP contribution in [0.4, 0.5) is 37.7 Å². The Balaban J connectivity index is 0.000000220. The number of hydrogen-bond acceptors (Lipinski definition) is 2. The van der Waals surface area contributed by atoms with Gasteiger partial charge in [0.15, 0.2) is 0 Å². The lowest BCUT2D eigenvalue weighted by Gasteiger charge is -2.08. The Morgan fingerprint density at radius 3 is 1.00 bits per heavy atom. The number of amides is 2. The van der Waals surface area contributed by atoms with E-state index in [-0.39, 0.29) is 11.1 Å². The van der Waals surface area contributed by atoms with Gasteiger partial charge in [0.05, 0.1) is 11.1 Å². The lowest BCUT2D eigenvalue weighted by molar-refractivity contribution is -0.138. The SMILES string of the molecule is O=C(Nc1ccc(Br)cc1)c1ccc(C(F)(F)F)cc1.O=C(Nc1ccc(Br)cc1)c1ccc(C(F)(F)F)cc1. The van der Waals surface area contributed by atoms with E-state index in [1.807, 2.05) is 0 Å². The van der Waals surface area contributed by atoms with Crippen molar-refractivity contribution < 1.29 is 35.9 Å². The zero-order valence-corrected chi connectivity index (χ0v) is 23.2. The largest absolute Gasteiger partial charge is 0.416 e. The van der Waals surface area contributed by atoms with E-state index in [9.17, 15) is 35.9 Å². The maximum atomic E-state index is 12.4. The molecular formula is C28H18Br2F6N2O2. The van der Waals surface area contributed by atoms with Crippen LogP contribution in [0.1, 0.15) is 31.8 Å². The summed E-state index contributed by atoms with van der Waals surface area (Å²) in [5, 5.41) is 5.21. The Labute approximate surface area is 241 Å². The summed E-state index contributed by atoms with van der Waals surface area (Å²) in [6, 6.07) is 21.9. The Kier molecular flexibility index (Phi) is 10.2. The third-order valence-electron chi connectivity index (χ3n) is 5.15. The van der Waals surface area contributed by atoms with Crippen molar-refractivity contribution in [2.45, 2.75) is 12.4 Å². The topological polar surface area (TPSA) is 58.2 Å². The van der Waals surface area contributed by atoms with Crippen LogP contribution in [0.2, 0.25) is 0 Å². The van der Waals surface area contributed by atoms with Gasteiger partial charge in [0.1, 0.15) is 0 Å². The molecule has 0 spiro atoms. The molecule has 208 valence electrons. The molecule has 0 aliphatic carbocycles. The first-order chi connectivity index (χ1) is 18.7. The van der Waals surface area contributed by atoms with Gasteiger partial charge in [-0.1, -0.05) is 31.9 Å². The second kappa shape index (κ2) is 13.1. The third-order valence-corrected chi connectivity index (χ3v) is 6.21. The molecule has 2 amide bonds. The molecular weight excluding hydrogens is 670 g/mol. The number of hydrogen-bond donors (Lipinski definition) is 2. The number of alkyl halides is 6. The molecule has 0 aliphatic rings. The molecule has 0 aliphatic heterocycles. The Morgan fingerprint density at radius 1 is 0.475 bits per heavy atom. The molecule has 4 aromatic rings. The molecule has 0 saturated carbocycles. The molecule has 0 atom stereocenters. The lowest BCUT2D eigenvalue weighted by Crippen LogP contribution is -2.12. The van der Waals surface area contributed by atoms with Gasteiger partial charge in [-0.05, 0) is 97.1 Å². The number of benzene rings is 4. The van der Waals surface area contributed by atoms with Crippen LogP contribution in [0.25, 0.3) is 0 Å². The molecule has 4 rings (SSSR count). The molecule has 4 nitrogen and oxygen atoms in total. The summed E-state index contributed by atoms with van der Waals surface area (Å²) < 4.78 is 76.1. The molecule has 0 heterocycles. The molecule has 0 bridgehead atoms. The van der Waals surface area contributed by atoms with E-state index < -0.39 is 35.3 Å².